The topological polar surface area (TPSA) is 19.0 Å². The van der Waals surface area contributed by atoms with Gasteiger partial charge in [-0.05, 0) is 31.3 Å². The highest BCUT2D eigenvalue weighted by Crippen LogP contribution is 2.49. The number of rotatable bonds is 3. The van der Waals surface area contributed by atoms with Gasteiger partial charge in [0.1, 0.15) is 0 Å². The molecular formula is C17H13Cl5N2. The Bertz CT molecular complexity index is 901. The first kappa shape index (κ1) is 18.2. The lowest BCUT2D eigenvalue weighted by Crippen LogP contribution is -2.10. The smallest absolute Gasteiger partial charge is 0.0809 e. The van der Waals surface area contributed by atoms with Crippen molar-refractivity contribution in [3.63, 3.8) is 0 Å². The molecule has 1 aromatic heterocycles. The van der Waals surface area contributed by atoms with Crippen LogP contribution in [0.15, 0.2) is 24.4 Å². The zero-order chi connectivity index (χ0) is 17.6. The van der Waals surface area contributed by atoms with Gasteiger partial charge >= 0.3 is 0 Å². The summed E-state index contributed by atoms with van der Waals surface area (Å²) in [7, 11) is 4.02. The summed E-state index contributed by atoms with van der Waals surface area (Å²) in [4.78, 5) is 5.37. The van der Waals surface area contributed by atoms with E-state index in [0.717, 1.165) is 28.6 Å². The summed E-state index contributed by atoms with van der Waals surface area (Å²) in [5.74, 6) is 0. The Hall–Kier alpha value is -0.610. The molecule has 0 aliphatic rings. The van der Waals surface area contributed by atoms with Crippen LogP contribution in [0.1, 0.15) is 5.56 Å². The summed E-state index contributed by atoms with van der Waals surface area (Å²) >= 11 is 31.5. The summed E-state index contributed by atoms with van der Waals surface area (Å²) < 4.78 is 0. The number of fused-ring (bicyclic) bond motifs is 1. The van der Waals surface area contributed by atoms with Gasteiger partial charge in [0.25, 0.3) is 0 Å². The summed E-state index contributed by atoms with van der Waals surface area (Å²) in [6.07, 6.45) is 1.98. The SMILES string of the molecule is CN(C)Cc1c[nH]c2cccc(-c3c(Cl)c(Cl)c(Cl)c(Cl)c3Cl)c12. The van der Waals surface area contributed by atoms with Crippen LogP contribution in [-0.2, 0) is 6.54 Å². The van der Waals surface area contributed by atoms with E-state index in [-0.39, 0.29) is 15.1 Å². The van der Waals surface area contributed by atoms with Gasteiger partial charge in [-0.2, -0.15) is 0 Å². The highest BCUT2D eigenvalue weighted by Gasteiger charge is 2.22. The normalized spacial score (nSPS) is 11.7. The van der Waals surface area contributed by atoms with E-state index in [0.29, 0.717) is 15.6 Å². The van der Waals surface area contributed by atoms with Gasteiger partial charge in [-0.1, -0.05) is 70.1 Å². The number of nitrogens with zero attached hydrogens (tertiary/aromatic N) is 1. The van der Waals surface area contributed by atoms with Crippen molar-refractivity contribution in [1.29, 1.82) is 0 Å². The van der Waals surface area contributed by atoms with Crippen molar-refractivity contribution < 1.29 is 0 Å². The molecule has 0 spiro atoms. The quantitative estimate of drug-likeness (QED) is 0.350. The van der Waals surface area contributed by atoms with Gasteiger partial charge in [-0.15, -0.1) is 0 Å². The van der Waals surface area contributed by atoms with E-state index in [1.165, 1.54) is 0 Å². The number of nitrogens with one attached hydrogen (secondary N) is 1. The Kier molecular flexibility index (Phi) is 5.27. The molecule has 3 aromatic rings. The molecule has 1 N–H and O–H groups in total. The Labute approximate surface area is 165 Å². The lowest BCUT2D eigenvalue weighted by atomic mass is 9.98. The minimum absolute atomic E-state index is 0.159. The van der Waals surface area contributed by atoms with E-state index in [2.05, 4.69) is 9.88 Å². The van der Waals surface area contributed by atoms with Crippen LogP contribution >= 0.6 is 58.0 Å². The number of benzene rings is 2. The second-order valence-corrected chi connectivity index (χ2v) is 7.61. The van der Waals surface area contributed by atoms with Crippen molar-refractivity contribution in [2.75, 3.05) is 14.1 Å². The van der Waals surface area contributed by atoms with E-state index < -0.39 is 0 Å². The van der Waals surface area contributed by atoms with E-state index in [4.69, 9.17) is 58.0 Å². The fourth-order valence-electron chi connectivity index (χ4n) is 2.77. The molecule has 0 bridgehead atoms. The predicted molar refractivity (Wildman–Crippen MR) is 106 cm³/mol. The number of hydrogen-bond acceptors (Lipinski definition) is 1. The molecule has 0 aliphatic carbocycles. The molecule has 7 heteroatoms. The predicted octanol–water partition coefficient (Wildman–Crippen LogP) is 7.16. The van der Waals surface area contributed by atoms with Gasteiger partial charge in [0.2, 0.25) is 0 Å². The van der Waals surface area contributed by atoms with Crippen LogP contribution in [0.3, 0.4) is 0 Å². The van der Waals surface area contributed by atoms with E-state index in [1.807, 2.05) is 38.5 Å². The molecule has 2 nitrogen and oxygen atoms in total. The van der Waals surface area contributed by atoms with Crippen molar-refractivity contribution in [3.05, 3.63) is 55.1 Å². The molecule has 0 atom stereocenters. The van der Waals surface area contributed by atoms with Crippen LogP contribution in [0.4, 0.5) is 0 Å². The third-order valence-corrected chi connectivity index (χ3v) is 6.03. The minimum atomic E-state index is 0.159. The van der Waals surface area contributed by atoms with Gasteiger partial charge in [-0.3, -0.25) is 0 Å². The Morgan fingerprint density at radius 2 is 1.46 bits per heavy atom. The van der Waals surface area contributed by atoms with Crippen LogP contribution in [0.5, 0.6) is 0 Å². The van der Waals surface area contributed by atoms with Crippen molar-refractivity contribution >= 4 is 68.9 Å². The molecule has 2 aromatic carbocycles. The number of hydrogen-bond donors (Lipinski definition) is 1. The summed E-state index contributed by atoms with van der Waals surface area (Å²) in [5, 5.41) is 2.17. The highest BCUT2D eigenvalue weighted by molar-refractivity contribution is 6.56. The summed E-state index contributed by atoms with van der Waals surface area (Å²) in [6.45, 7) is 0.765. The fourth-order valence-corrected chi connectivity index (χ4v) is 4.11. The van der Waals surface area contributed by atoms with Crippen LogP contribution in [-0.4, -0.2) is 24.0 Å². The molecular weight excluding hydrogens is 409 g/mol. The maximum absolute atomic E-state index is 6.46. The van der Waals surface area contributed by atoms with E-state index in [9.17, 15) is 0 Å². The molecule has 0 saturated carbocycles. The molecule has 0 saturated heterocycles. The van der Waals surface area contributed by atoms with Crippen molar-refractivity contribution in [1.82, 2.24) is 9.88 Å². The van der Waals surface area contributed by atoms with Crippen LogP contribution in [0, 0.1) is 0 Å². The first-order valence-corrected chi connectivity index (χ1v) is 8.97. The third kappa shape index (κ3) is 3.01. The maximum atomic E-state index is 6.46. The second kappa shape index (κ2) is 6.95. The van der Waals surface area contributed by atoms with E-state index in [1.54, 1.807) is 0 Å². The minimum Gasteiger partial charge on any atom is -0.361 e. The average Bonchev–Trinajstić information content (AvgIpc) is 2.94. The number of halogens is 5. The molecule has 0 amide bonds. The van der Waals surface area contributed by atoms with Gasteiger partial charge in [0.05, 0.1) is 25.1 Å². The van der Waals surface area contributed by atoms with Crippen molar-refractivity contribution in [2.24, 2.45) is 0 Å². The molecule has 126 valence electrons. The fraction of sp³-hybridized carbons (Fsp3) is 0.176. The molecule has 1 heterocycles. The molecule has 0 unspecified atom stereocenters. The van der Waals surface area contributed by atoms with E-state index >= 15 is 0 Å². The summed E-state index contributed by atoms with van der Waals surface area (Å²) in [6, 6.07) is 5.87. The number of aromatic amines is 1. The first-order chi connectivity index (χ1) is 11.3. The summed E-state index contributed by atoms with van der Waals surface area (Å²) in [5.41, 5.74) is 3.56. The van der Waals surface area contributed by atoms with Gasteiger partial charge < -0.3 is 9.88 Å². The maximum Gasteiger partial charge on any atom is 0.0809 e. The standard InChI is InChI=1S/C17H13Cl5N2/c1-24(2)7-8-6-23-10-5-3-4-9(11(8)10)12-13(18)15(20)17(22)16(21)14(12)19/h3-6,23H,7H2,1-2H3. The number of H-pyrrole nitrogens is 1. The zero-order valence-corrected chi connectivity index (χ0v) is 16.6. The van der Waals surface area contributed by atoms with Crippen LogP contribution < -0.4 is 0 Å². The second-order valence-electron chi connectivity index (χ2n) is 5.72. The van der Waals surface area contributed by atoms with Crippen LogP contribution in [0.25, 0.3) is 22.0 Å². The monoisotopic (exact) mass is 420 g/mol. The molecule has 24 heavy (non-hydrogen) atoms. The Morgan fingerprint density at radius 1 is 0.875 bits per heavy atom. The first-order valence-electron chi connectivity index (χ1n) is 7.08. The average molecular weight is 423 g/mol. The molecule has 0 aliphatic heterocycles. The molecule has 0 fully saturated rings. The largest absolute Gasteiger partial charge is 0.361 e. The third-order valence-electron chi connectivity index (χ3n) is 3.75. The number of aromatic nitrogens is 1. The van der Waals surface area contributed by atoms with Crippen LogP contribution in [0.2, 0.25) is 25.1 Å². The Morgan fingerprint density at radius 3 is 2.04 bits per heavy atom. The van der Waals surface area contributed by atoms with Gasteiger partial charge in [0, 0.05) is 29.2 Å². The molecule has 3 rings (SSSR count). The van der Waals surface area contributed by atoms with Gasteiger partial charge in [0.15, 0.2) is 0 Å². The molecule has 0 radical (unpaired) electrons. The highest BCUT2D eigenvalue weighted by atomic mass is 35.5. The van der Waals surface area contributed by atoms with Gasteiger partial charge in [-0.25, -0.2) is 0 Å². The lowest BCUT2D eigenvalue weighted by molar-refractivity contribution is 0.404. The lowest BCUT2D eigenvalue weighted by Gasteiger charge is -2.15. The van der Waals surface area contributed by atoms with Crippen molar-refractivity contribution in [2.45, 2.75) is 6.54 Å². The zero-order valence-electron chi connectivity index (χ0n) is 12.9. The van der Waals surface area contributed by atoms with Crippen molar-refractivity contribution in [3.8, 4) is 11.1 Å². The Balaban J connectivity index is 2.37.